The molecule has 2 aliphatic heterocycles. The Labute approximate surface area is 188 Å². The molecule has 8 nitrogen and oxygen atoms in total. The number of halogens is 3. The normalized spacial score (nSPS) is 19.0. The van der Waals surface area contributed by atoms with Gasteiger partial charge < -0.3 is 23.5 Å². The molecule has 0 atom stereocenters. The summed E-state index contributed by atoms with van der Waals surface area (Å²) in [6.07, 6.45) is -1.37. The number of carbonyl (C=O) groups excluding carboxylic acids is 1. The van der Waals surface area contributed by atoms with Crippen LogP contribution < -0.4 is 9.47 Å². The largest absolute Gasteiger partial charge is 0.483 e. The molecule has 3 heterocycles. The van der Waals surface area contributed by atoms with Gasteiger partial charge in [-0.3, -0.25) is 9.69 Å². The average molecular weight is 472 g/mol. The third-order valence-electron chi connectivity index (χ3n) is 5.93. The Bertz CT molecular complexity index is 920. The second-order valence-electron chi connectivity index (χ2n) is 8.37. The Kier molecular flexibility index (Phi) is 7.59. The summed E-state index contributed by atoms with van der Waals surface area (Å²) in [5, 5.41) is 4.15. The van der Waals surface area contributed by atoms with Crippen LogP contribution in [0.5, 0.6) is 11.6 Å². The van der Waals surface area contributed by atoms with E-state index in [1.54, 1.807) is 6.07 Å². The zero-order valence-electron chi connectivity index (χ0n) is 18.1. The van der Waals surface area contributed by atoms with Gasteiger partial charge in [0.25, 0.3) is 5.88 Å². The van der Waals surface area contributed by atoms with E-state index in [9.17, 15) is 18.0 Å². The number of benzene rings is 1. The maximum absolute atomic E-state index is 12.6. The molecule has 2 saturated heterocycles. The number of hydrogen-bond acceptors (Lipinski definition) is 8. The number of alkyl halides is 3. The first-order chi connectivity index (χ1) is 15.9. The van der Waals surface area contributed by atoms with Gasteiger partial charge in [-0.15, -0.1) is 0 Å². The van der Waals surface area contributed by atoms with E-state index in [1.165, 1.54) is 12.1 Å². The number of piperidine rings is 1. The van der Waals surface area contributed by atoms with Gasteiger partial charge in [0.15, 0.2) is 12.2 Å². The molecular formula is C22H27F3N2O6. The van der Waals surface area contributed by atoms with Gasteiger partial charge in [-0.1, -0.05) is 6.07 Å². The number of carbonyl (C=O) groups is 1. The van der Waals surface area contributed by atoms with Crippen molar-refractivity contribution >= 4 is 16.9 Å². The van der Waals surface area contributed by atoms with Crippen LogP contribution >= 0.6 is 0 Å². The van der Waals surface area contributed by atoms with Crippen LogP contribution in [-0.2, 0) is 14.3 Å². The molecule has 4 rings (SSSR count). The van der Waals surface area contributed by atoms with Crippen LogP contribution in [0.1, 0.15) is 25.7 Å². The number of ether oxygens (including phenoxy) is 4. The first-order valence-corrected chi connectivity index (χ1v) is 11.1. The molecule has 1 aromatic carbocycles. The van der Waals surface area contributed by atoms with Crippen molar-refractivity contribution in [2.45, 2.75) is 31.9 Å². The van der Waals surface area contributed by atoms with Crippen LogP contribution in [-0.4, -0.2) is 68.5 Å². The van der Waals surface area contributed by atoms with Gasteiger partial charge in [0.1, 0.15) is 17.9 Å². The smallest absolute Gasteiger partial charge is 0.422 e. The lowest BCUT2D eigenvalue weighted by atomic mass is 9.98. The summed E-state index contributed by atoms with van der Waals surface area (Å²) in [5.74, 6) is 0.137. The minimum Gasteiger partial charge on any atom is -0.483 e. The van der Waals surface area contributed by atoms with Gasteiger partial charge >= 0.3 is 12.1 Å². The SMILES string of the molecule is O=C(OCN1CCC(COc2noc3cccc(OCC(F)(F)F)c23)CC1)C1CCOCC1. The van der Waals surface area contributed by atoms with Gasteiger partial charge in [-0.25, -0.2) is 0 Å². The topological polar surface area (TPSA) is 83.3 Å². The molecule has 0 amide bonds. The number of esters is 1. The quantitative estimate of drug-likeness (QED) is 0.537. The van der Waals surface area contributed by atoms with Crippen molar-refractivity contribution in [2.75, 3.05) is 46.2 Å². The number of nitrogens with zero attached hydrogens (tertiary/aromatic N) is 2. The molecule has 11 heteroatoms. The number of aromatic nitrogens is 1. The lowest BCUT2D eigenvalue weighted by Gasteiger charge is -2.31. The molecular weight excluding hydrogens is 445 g/mol. The third kappa shape index (κ3) is 6.50. The van der Waals surface area contributed by atoms with Gasteiger partial charge in [0, 0.05) is 26.3 Å². The molecule has 182 valence electrons. The van der Waals surface area contributed by atoms with Crippen LogP contribution in [0.15, 0.2) is 22.7 Å². The van der Waals surface area contributed by atoms with Crippen LogP contribution in [0.4, 0.5) is 13.2 Å². The average Bonchev–Trinajstić information content (AvgIpc) is 3.24. The first-order valence-electron chi connectivity index (χ1n) is 11.1. The number of rotatable bonds is 8. The predicted molar refractivity (Wildman–Crippen MR) is 110 cm³/mol. The summed E-state index contributed by atoms with van der Waals surface area (Å²) >= 11 is 0. The number of fused-ring (bicyclic) bond motifs is 1. The molecule has 0 aliphatic carbocycles. The standard InChI is InChI=1S/C22H27F3N2O6/c23-22(24,25)13-31-17-2-1-3-18-19(17)20(26-33-18)30-12-15-4-8-27(9-5-15)14-32-21(28)16-6-10-29-11-7-16/h1-3,15-16H,4-14H2. The molecule has 0 N–H and O–H groups in total. The molecule has 0 spiro atoms. The highest BCUT2D eigenvalue weighted by molar-refractivity contribution is 5.88. The molecule has 2 aliphatic rings. The molecule has 1 aromatic heterocycles. The van der Waals surface area contributed by atoms with Crippen molar-refractivity contribution in [3.63, 3.8) is 0 Å². The van der Waals surface area contributed by atoms with Crippen molar-refractivity contribution in [1.82, 2.24) is 10.1 Å². The Balaban J connectivity index is 1.24. The first kappa shape index (κ1) is 23.6. The van der Waals surface area contributed by atoms with E-state index in [1.807, 2.05) is 0 Å². The highest BCUT2D eigenvalue weighted by Crippen LogP contribution is 2.35. The van der Waals surface area contributed by atoms with Crippen molar-refractivity contribution in [3.8, 4) is 11.6 Å². The van der Waals surface area contributed by atoms with E-state index < -0.39 is 12.8 Å². The highest BCUT2D eigenvalue weighted by atomic mass is 19.4. The second kappa shape index (κ2) is 10.6. The van der Waals surface area contributed by atoms with Gasteiger partial charge in [-0.05, 0) is 48.9 Å². The summed E-state index contributed by atoms with van der Waals surface area (Å²) in [5.41, 5.74) is 0.297. The maximum Gasteiger partial charge on any atom is 0.422 e. The predicted octanol–water partition coefficient (Wildman–Crippen LogP) is 3.79. The van der Waals surface area contributed by atoms with Gasteiger partial charge in [-0.2, -0.15) is 13.2 Å². The maximum atomic E-state index is 12.6. The van der Waals surface area contributed by atoms with Crippen molar-refractivity contribution in [1.29, 1.82) is 0 Å². The van der Waals surface area contributed by atoms with Crippen molar-refractivity contribution < 1.29 is 41.4 Å². The van der Waals surface area contributed by atoms with E-state index in [4.69, 9.17) is 23.5 Å². The zero-order chi connectivity index (χ0) is 23.3. The summed E-state index contributed by atoms with van der Waals surface area (Å²) in [4.78, 5) is 14.2. The molecule has 0 saturated carbocycles. The van der Waals surface area contributed by atoms with E-state index in [0.717, 1.165) is 25.9 Å². The Hall–Kier alpha value is -2.53. The molecule has 2 fully saturated rings. The summed E-state index contributed by atoms with van der Waals surface area (Å²) in [6, 6.07) is 4.56. The van der Waals surface area contributed by atoms with E-state index in [2.05, 4.69) is 10.1 Å². The lowest BCUT2D eigenvalue weighted by Crippen LogP contribution is -2.38. The molecule has 2 aromatic rings. The minimum atomic E-state index is -4.45. The van der Waals surface area contributed by atoms with E-state index >= 15 is 0 Å². The van der Waals surface area contributed by atoms with Gasteiger partial charge in [0.2, 0.25) is 0 Å². The van der Waals surface area contributed by atoms with Crippen LogP contribution in [0.2, 0.25) is 0 Å². The molecule has 0 radical (unpaired) electrons. The van der Waals surface area contributed by atoms with E-state index in [-0.39, 0.29) is 36.2 Å². The summed E-state index contributed by atoms with van der Waals surface area (Å²) in [7, 11) is 0. The highest BCUT2D eigenvalue weighted by Gasteiger charge is 2.30. The fourth-order valence-electron chi connectivity index (χ4n) is 4.00. The van der Waals surface area contributed by atoms with Crippen LogP contribution in [0, 0.1) is 11.8 Å². The monoisotopic (exact) mass is 472 g/mol. The minimum absolute atomic E-state index is 0.0160. The van der Waals surface area contributed by atoms with E-state index in [0.29, 0.717) is 43.6 Å². The van der Waals surface area contributed by atoms with Crippen LogP contribution in [0.3, 0.4) is 0 Å². The third-order valence-corrected chi connectivity index (χ3v) is 5.93. The van der Waals surface area contributed by atoms with Crippen molar-refractivity contribution in [3.05, 3.63) is 18.2 Å². The fourth-order valence-corrected chi connectivity index (χ4v) is 4.00. The molecule has 0 unspecified atom stereocenters. The van der Waals surface area contributed by atoms with Crippen LogP contribution in [0.25, 0.3) is 11.0 Å². The molecule has 33 heavy (non-hydrogen) atoms. The Morgan fingerprint density at radius 1 is 1.12 bits per heavy atom. The zero-order valence-corrected chi connectivity index (χ0v) is 18.1. The summed E-state index contributed by atoms with van der Waals surface area (Å²) < 4.78 is 64.3. The number of likely N-dealkylation sites (tertiary alicyclic amines) is 1. The van der Waals surface area contributed by atoms with Crippen molar-refractivity contribution in [2.24, 2.45) is 11.8 Å². The summed E-state index contributed by atoms with van der Waals surface area (Å²) in [6.45, 7) is 1.93. The van der Waals surface area contributed by atoms with Gasteiger partial charge in [0.05, 0.1) is 12.5 Å². The fraction of sp³-hybridized carbons (Fsp3) is 0.636. The lowest BCUT2D eigenvalue weighted by molar-refractivity contribution is -0.157. The number of hydrogen-bond donors (Lipinski definition) is 0. The molecule has 0 bridgehead atoms. The Morgan fingerprint density at radius 2 is 1.88 bits per heavy atom. The second-order valence-corrected chi connectivity index (χ2v) is 8.37. The Morgan fingerprint density at radius 3 is 2.61 bits per heavy atom.